The van der Waals surface area contributed by atoms with Gasteiger partial charge in [0.15, 0.2) is 5.78 Å². The van der Waals surface area contributed by atoms with Crippen LogP contribution in [0.5, 0.6) is 0 Å². The number of Topliss-reactive ketones (excluding diaryl/α,β-unsaturated/α-hetero) is 1. The number of hydrogen-bond acceptors (Lipinski definition) is 4. The molecule has 3 fully saturated rings. The predicted octanol–water partition coefficient (Wildman–Crippen LogP) is 5.60. The fraction of sp³-hybridized carbons (Fsp3) is 0.885. The number of fused-ring (bicyclic) bond motifs is 3. The first-order chi connectivity index (χ1) is 14.7. The summed E-state index contributed by atoms with van der Waals surface area (Å²) >= 11 is 0. The molecule has 1 N–H and O–H groups in total. The maximum absolute atomic E-state index is 13.4. The largest absolute Gasteiger partial charge is 0.390 e. The van der Waals surface area contributed by atoms with Crippen molar-refractivity contribution in [1.29, 1.82) is 0 Å². The van der Waals surface area contributed by atoms with E-state index < -0.39 is 5.60 Å². The number of carbonyl (C=O) groups is 1. The SMILES string of the molecule is CCCCC(C)(O)C[C@@H]1CC[C@@H]2[C@H](CC[C@]3(C)[C@@H](C(=O)[C@@H](C)n4ccnn4)CC[C@@H]23)C1. The van der Waals surface area contributed by atoms with E-state index in [1.54, 1.807) is 10.9 Å². The van der Waals surface area contributed by atoms with Crippen LogP contribution < -0.4 is 0 Å². The maximum Gasteiger partial charge on any atom is 0.160 e. The average Bonchev–Trinajstić information content (AvgIpc) is 3.39. The van der Waals surface area contributed by atoms with Crippen molar-refractivity contribution in [1.82, 2.24) is 15.0 Å². The maximum atomic E-state index is 13.4. The van der Waals surface area contributed by atoms with Crippen LogP contribution >= 0.6 is 0 Å². The first-order valence-electron chi connectivity index (χ1n) is 12.9. The second kappa shape index (κ2) is 8.96. The zero-order valence-corrected chi connectivity index (χ0v) is 20.1. The van der Waals surface area contributed by atoms with Gasteiger partial charge in [-0.05, 0) is 94.3 Å². The summed E-state index contributed by atoms with van der Waals surface area (Å²) in [5.74, 6) is 3.43. The predicted molar refractivity (Wildman–Crippen MR) is 122 cm³/mol. The number of unbranched alkanes of at least 4 members (excludes halogenated alkanes) is 1. The molecule has 1 heterocycles. The Morgan fingerprint density at radius 2 is 2.10 bits per heavy atom. The van der Waals surface area contributed by atoms with Crippen LogP contribution in [0.25, 0.3) is 0 Å². The van der Waals surface area contributed by atoms with Crippen LogP contribution in [0.2, 0.25) is 0 Å². The molecule has 174 valence electrons. The normalized spacial score (nSPS) is 38.2. The highest BCUT2D eigenvalue weighted by Gasteiger charge is 2.57. The standard InChI is InChI=1S/C26H43N3O2/c1-5-6-12-25(3,31)17-19-7-8-21-20(16-19)11-13-26(4)22(21)9-10-23(26)24(30)18(2)29-15-14-27-28-29/h14-15,18-23,31H,5-13,16-17H2,1-4H3/t18-,19-,20-,21-,22+,23-,25?,26+/m1/s1. The van der Waals surface area contributed by atoms with Gasteiger partial charge in [-0.1, -0.05) is 38.3 Å². The summed E-state index contributed by atoms with van der Waals surface area (Å²) in [6, 6.07) is -0.220. The third kappa shape index (κ3) is 4.49. The van der Waals surface area contributed by atoms with Crippen molar-refractivity contribution in [2.45, 2.75) is 110 Å². The highest BCUT2D eigenvalue weighted by Crippen LogP contribution is 2.62. The van der Waals surface area contributed by atoms with E-state index in [1.807, 2.05) is 13.1 Å². The van der Waals surface area contributed by atoms with Crippen LogP contribution in [-0.4, -0.2) is 31.5 Å². The van der Waals surface area contributed by atoms with Crippen molar-refractivity contribution in [3.63, 3.8) is 0 Å². The van der Waals surface area contributed by atoms with Gasteiger partial charge in [0.1, 0.15) is 6.04 Å². The number of nitrogens with zero attached hydrogens (tertiary/aromatic N) is 3. The fourth-order valence-electron chi connectivity index (χ4n) is 7.85. The Balaban J connectivity index is 1.40. The van der Waals surface area contributed by atoms with Crippen LogP contribution in [0, 0.1) is 35.0 Å². The molecule has 0 saturated heterocycles. The zero-order chi connectivity index (χ0) is 22.2. The van der Waals surface area contributed by atoms with Crippen LogP contribution in [0.4, 0.5) is 0 Å². The lowest BCUT2D eigenvalue weighted by Crippen LogP contribution is -2.46. The third-order valence-electron chi connectivity index (χ3n) is 9.52. The van der Waals surface area contributed by atoms with Crippen molar-refractivity contribution in [2.24, 2.45) is 35.0 Å². The monoisotopic (exact) mass is 429 g/mol. The Bertz CT molecular complexity index is 746. The number of aliphatic hydroxyl groups is 1. The summed E-state index contributed by atoms with van der Waals surface area (Å²) in [5, 5.41) is 18.8. The smallest absolute Gasteiger partial charge is 0.160 e. The molecule has 0 aliphatic heterocycles. The van der Waals surface area contributed by atoms with Crippen molar-refractivity contribution in [2.75, 3.05) is 0 Å². The highest BCUT2D eigenvalue weighted by atomic mass is 16.3. The van der Waals surface area contributed by atoms with Crippen molar-refractivity contribution in [3.8, 4) is 0 Å². The lowest BCUT2D eigenvalue weighted by molar-refractivity contribution is -0.132. The molecule has 5 nitrogen and oxygen atoms in total. The number of ketones is 1. The molecule has 1 aromatic heterocycles. The minimum atomic E-state index is -0.501. The van der Waals surface area contributed by atoms with E-state index in [9.17, 15) is 9.90 Å². The van der Waals surface area contributed by atoms with Gasteiger partial charge in [0.2, 0.25) is 0 Å². The minimum Gasteiger partial charge on any atom is -0.390 e. The van der Waals surface area contributed by atoms with Gasteiger partial charge in [0.05, 0.1) is 11.8 Å². The molecule has 0 aromatic carbocycles. The third-order valence-corrected chi connectivity index (χ3v) is 9.52. The van der Waals surface area contributed by atoms with Crippen LogP contribution in [-0.2, 0) is 4.79 Å². The molecule has 5 heteroatoms. The molecular weight excluding hydrogens is 386 g/mol. The molecule has 4 rings (SSSR count). The van der Waals surface area contributed by atoms with Gasteiger partial charge in [-0.15, -0.1) is 5.10 Å². The van der Waals surface area contributed by atoms with Crippen LogP contribution in [0.3, 0.4) is 0 Å². The molecule has 3 aliphatic carbocycles. The van der Waals surface area contributed by atoms with E-state index in [-0.39, 0.29) is 17.4 Å². The fourth-order valence-corrected chi connectivity index (χ4v) is 7.85. The van der Waals surface area contributed by atoms with Gasteiger partial charge in [-0.3, -0.25) is 4.79 Å². The molecule has 0 amide bonds. The number of carbonyl (C=O) groups excluding carboxylic acids is 1. The molecule has 31 heavy (non-hydrogen) atoms. The quantitative estimate of drug-likeness (QED) is 0.584. The summed E-state index contributed by atoms with van der Waals surface area (Å²) in [6.07, 6.45) is 16.2. The molecule has 1 aromatic rings. The summed E-state index contributed by atoms with van der Waals surface area (Å²) in [6.45, 7) is 8.65. The first kappa shape index (κ1) is 22.9. The topological polar surface area (TPSA) is 68.0 Å². The number of rotatable bonds is 8. The molecule has 3 saturated carbocycles. The second-order valence-electron chi connectivity index (χ2n) is 11.6. The number of aromatic nitrogens is 3. The Morgan fingerprint density at radius 1 is 1.29 bits per heavy atom. The molecule has 0 radical (unpaired) electrons. The van der Waals surface area contributed by atoms with E-state index in [0.29, 0.717) is 17.6 Å². The van der Waals surface area contributed by atoms with E-state index >= 15 is 0 Å². The second-order valence-corrected chi connectivity index (χ2v) is 11.6. The molecule has 1 unspecified atom stereocenters. The molecule has 8 atom stereocenters. The molecule has 3 aliphatic rings. The lowest BCUT2D eigenvalue weighted by atomic mass is 9.53. The first-order valence-corrected chi connectivity index (χ1v) is 12.9. The summed E-state index contributed by atoms with van der Waals surface area (Å²) in [7, 11) is 0. The lowest BCUT2D eigenvalue weighted by Gasteiger charge is -2.52. The molecular formula is C26H43N3O2. The average molecular weight is 430 g/mol. The summed E-state index contributed by atoms with van der Waals surface area (Å²) < 4.78 is 1.72. The van der Waals surface area contributed by atoms with Gasteiger partial charge in [-0.2, -0.15) is 0 Å². The van der Waals surface area contributed by atoms with E-state index in [0.717, 1.165) is 43.9 Å². The van der Waals surface area contributed by atoms with E-state index in [4.69, 9.17) is 0 Å². The Morgan fingerprint density at radius 3 is 2.81 bits per heavy atom. The Hall–Kier alpha value is -1.23. The van der Waals surface area contributed by atoms with Gasteiger partial charge in [0.25, 0.3) is 0 Å². The van der Waals surface area contributed by atoms with Gasteiger partial charge >= 0.3 is 0 Å². The van der Waals surface area contributed by atoms with Crippen molar-refractivity contribution in [3.05, 3.63) is 12.4 Å². The van der Waals surface area contributed by atoms with Gasteiger partial charge in [-0.25, -0.2) is 4.68 Å². The van der Waals surface area contributed by atoms with Gasteiger partial charge in [0, 0.05) is 12.1 Å². The minimum absolute atomic E-state index is 0.145. The Kier molecular flexibility index (Phi) is 6.63. The molecule has 0 spiro atoms. The van der Waals surface area contributed by atoms with Crippen molar-refractivity contribution >= 4 is 5.78 Å². The van der Waals surface area contributed by atoms with E-state index in [1.165, 1.54) is 38.5 Å². The van der Waals surface area contributed by atoms with E-state index in [2.05, 4.69) is 31.1 Å². The van der Waals surface area contributed by atoms with Crippen LogP contribution in [0.15, 0.2) is 12.4 Å². The van der Waals surface area contributed by atoms with Gasteiger partial charge < -0.3 is 5.11 Å². The highest BCUT2D eigenvalue weighted by molar-refractivity contribution is 5.85. The Labute approximate surface area is 188 Å². The number of hydrogen-bond donors (Lipinski definition) is 1. The molecule has 0 bridgehead atoms. The summed E-state index contributed by atoms with van der Waals surface area (Å²) in [5.41, 5.74) is -0.356. The van der Waals surface area contributed by atoms with Crippen molar-refractivity contribution < 1.29 is 9.90 Å². The summed E-state index contributed by atoms with van der Waals surface area (Å²) in [4.78, 5) is 13.4. The zero-order valence-electron chi connectivity index (χ0n) is 20.1. The van der Waals surface area contributed by atoms with Crippen LogP contribution in [0.1, 0.15) is 104 Å².